The minimum absolute atomic E-state index is 0.127. The SMILES string of the molecule is COC(=O)N[C@H](C(=O)N1CCC[C@H]1C1N=c2ccc([C@H]3CC[C@H](c4ccc5[nH]c([C@@H]6CCCN6C(=O)[C@@H](NC(=O)O)C(C)C)nc5c4)N3c3ccc(N4CCC(C)CC4)c(F)c3)cc2=N1)C(C)C. The molecule has 3 aromatic carbocycles. The fourth-order valence-electron chi connectivity index (χ4n) is 11.2. The molecule has 4 saturated heterocycles. The number of carbonyl (C=O) groups excluding carboxylic acids is 3. The van der Waals surface area contributed by atoms with E-state index in [4.69, 9.17) is 19.7 Å². The molecule has 7 atom stereocenters. The fraction of sp³-hybridized carbons (Fsp3) is 0.549. The molecule has 362 valence electrons. The van der Waals surface area contributed by atoms with Gasteiger partial charge in [-0.25, -0.2) is 19.0 Å². The molecule has 0 aliphatic carbocycles. The molecule has 9 rings (SSSR count). The maximum atomic E-state index is 16.5. The summed E-state index contributed by atoms with van der Waals surface area (Å²) in [5.74, 6) is 0.246. The number of imidazole rings is 1. The number of alkyl carbamates (subject to hydrolysis) is 1. The van der Waals surface area contributed by atoms with Gasteiger partial charge in [0.05, 0.1) is 58.7 Å². The zero-order valence-electron chi connectivity index (χ0n) is 40.0. The molecule has 0 bridgehead atoms. The first-order valence-electron chi connectivity index (χ1n) is 24.5. The molecule has 0 saturated carbocycles. The van der Waals surface area contributed by atoms with Crippen molar-refractivity contribution in [2.45, 2.75) is 128 Å². The number of rotatable bonds is 12. The first-order valence-corrected chi connectivity index (χ1v) is 24.5. The highest BCUT2D eigenvalue weighted by molar-refractivity contribution is 5.87. The third-order valence-corrected chi connectivity index (χ3v) is 15.0. The van der Waals surface area contributed by atoms with Gasteiger partial charge in [0.2, 0.25) is 11.8 Å². The van der Waals surface area contributed by atoms with Gasteiger partial charge < -0.3 is 45.1 Å². The zero-order chi connectivity index (χ0) is 48.0. The largest absolute Gasteiger partial charge is 0.465 e. The van der Waals surface area contributed by atoms with Crippen molar-refractivity contribution in [2.75, 3.05) is 43.1 Å². The highest BCUT2D eigenvalue weighted by Crippen LogP contribution is 2.48. The van der Waals surface area contributed by atoms with E-state index in [1.807, 2.05) is 50.8 Å². The lowest BCUT2D eigenvalue weighted by atomic mass is 9.98. The predicted molar refractivity (Wildman–Crippen MR) is 255 cm³/mol. The van der Waals surface area contributed by atoms with Crippen molar-refractivity contribution in [3.63, 3.8) is 0 Å². The number of hydrogen-bond acceptors (Lipinski definition) is 10. The second-order valence-electron chi connectivity index (χ2n) is 20.1. The number of likely N-dealkylation sites (tertiary alicyclic amines) is 2. The van der Waals surface area contributed by atoms with Gasteiger partial charge in [-0.1, -0.05) is 46.8 Å². The van der Waals surface area contributed by atoms with Gasteiger partial charge in [0.15, 0.2) is 6.17 Å². The second-order valence-corrected chi connectivity index (χ2v) is 20.1. The minimum atomic E-state index is -1.23. The van der Waals surface area contributed by atoms with Crippen LogP contribution in [0, 0.1) is 23.6 Å². The molecule has 4 N–H and O–H groups in total. The summed E-state index contributed by atoms with van der Waals surface area (Å²) < 4.78 is 21.3. The normalized spacial score (nSPS) is 23.8. The Kier molecular flexibility index (Phi) is 13.4. The lowest BCUT2D eigenvalue weighted by Gasteiger charge is -2.35. The number of aromatic nitrogens is 2. The summed E-state index contributed by atoms with van der Waals surface area (Å²) in [5, 5.41) is 16.1. The van der Waals surface area contributed by atoms with E-state index in [0.29, 0.717) is 36.9 Å². The number of carbonyl (C=O) groups is 4. The minimum Gasteiger partial charge on any atom is -0.465 e. The van der Waals surface area contributed by atoms with Crippen molar-refractivity contribution >= 4 is 46.4 Å². The summed E-state index contributed by atoms with van der Waals surface area (Å²) in [6, 6.07) is 15.7. The van der Waals surface area contributed by atoms with E-state index in [-0.39, 0.29) is 53.6 Å². The van der Waals surface area contributed by atoms with Gasteiger partial charge >= 0.3 is 12.2 Å². The van der Waals surface area contributed by atoms with Crippen LogP contribution in [-0.2, 0) is 14.3 Å². The number of halogens is 1. The summed E-state index contributed by atoms with van der Waals surface area (Å²) in [6.45, 7) is 12.4. The standard InChI is InChI=1S/C51H65FN10O6/c1-28(2)44(57-50(65)66)48(63)60-21-7-9-42(60)46-53-35-14-11-31(25-37(35)55-46)39-17-18-40(62(39)33-13-16-41(34(52)27-33)59-23-19-30(5)20-24-59)32-12-15-36-38(26-32)56-47(54-36)43-10-8-22-61(43)49(64)45(29(3)4)58-51(67)68-6/h11-16,25-30,39-40,42-45,47,57H,7-10,17-24H2,1-6H3,(H,53,55)(H,58,67)(H,65,66)/t39-,40-,42+,43+,44+,45+,47?/m1/s1. The van der Waals surface area contributed by atoms with E-state index >= 15 is 4.39 Å². The number of carboxylic acid groups (broad SMARTS) is 1. The Labute approximate surface area is 396 Å². The Bertz CT molecular complexity index is 2680. The van der Waals surface area contributed by atoms with Gasteiger partial charge in [0.25, 0.3) is 0 Å². The highest BCUT2D eigenvalue weighted by atomic mass is 19.1. The number of piperidine rings is 1. The Morgan fingerprint density at radius 1 is 0.750 bits per heavy atom. The Morgan fingerprint density at radius 3 is 2.09 bits per heavy atom. The summed E-state index contributed by atoms with van der Waals surface area (Å²) in [4.78, 5) is 78.2. The fourth-order valence-corrected chi connectivity index (χ4v) is 11.2. The van der Waals surface area contributed by atoms with E-state index in [1.165, 1.54) is 7.11 Å². The molecule has 6 heterocycles. The molecule has 1 unspecified atom stereocenters. The van der Waals surface area contributed by atoms with Crippen LogP contribution < -0.4 is 31.1 Å². The maximum Gasteiger partial charge on any atom is 0.407 e. The molecule has 0 radical (unpaired) electrons. The second kappa shape index (κ2) is 19.4. The van der Waals surface area contributed by atoms with Crippen molar-refractivity contribution < 1.29 is 33.4 Å². The number of nitrogens with zero attached hydrogens (tertiary/aromatic N) is 7. The number of fused-ring (bicyclic) bond motifs is 2. The maximum absolute atomic E-state index is 16.5. The molecule has 5 aliphatic rings. The number of hydrogen-bond donors (Lipinski definition) is 4. The van der Waals surface area contributed by atoms with Gasteiger partial charge in [-0.05, 0) is 123 Å². The summed E-state index contributed by atoms with van der Waals surface area (Å²) in [5.41, 5.74) is 5.07. The van der Waals surface area contributed by atoms with Crippen molar-refractivity contribution in [1.82, 2.24) is 30.4 Å². The predicted octanol–water partition coefficient (Wildman–Crippen LogP) is 6.93. The molecule has 16 nitrogen and oxygen atoms in total. The third kappa shape index (κ3) is 9.19. The van der Waals surface area contributed by atoms with Crippen LogP contribution in [-0.4, -0.2) is 106 Å². The van der Waals surface area contributed by atoms with Gasteiger partial charge in [0.1, 0.15) is 23.7 Å². The van der Waals surface area contributed by atoms with E-state index in [9.17, 15) is 24.3 Å². The number of nitrogens with one attached hydrogen (secondary N) is 3. The molecular formula is C51H65FN10O6. The summed E-state index contributed by atoms with van der Waals surface area (Å²) in [6.07, 6.45) is 4.31. The van der Waals surface area contributed by atoms with E-state index in [0.717, 1.165) is 96.6 Å². The summed E-state index contributed by atoms with van der Waals surface area (Å²) >= 11 is 0. The van der Waals surface area contributed by atoms with Gasteiger partial charge in [-0.15, -0.1) is 0 Å². The molecule has 68 heavy (non-hydrogen) atoms. The Hall–Kier alpha value is -6.26. The van der Waals surface area contributed by atoms with E-state index in [2.05, 4.69) is 62.7 Å². The number of amides is 4. The average molecular weight is 933 g/mol. The topological polar surface area (TPSA) is 188 Å². The van der Waals surface area contributed by atoms with Crippen molar-refractivity contribution in [2.24, 2.45) is 27.7 Å². The van der Waals surface area contributed by atoms with Crippen LogP contribution in [0.1, 0.15) is 121 Å². The number of benzene rings is 3. The molecule has 5 aliphatic heterocycles. The van der Waals surface area contributed by atoms with Crippen LogP contribution >= 0.6 is 0 Å². The van der Waals surface area contributed by atoms with E-state index in [1.54, 1.807) is 11.0 Å². The number of H-pyrrole nitrogens is 1. The average Bonchev–Trinajstić information content (AvgIpc) is 4.18. The molecule has 0 spiro atoms. The van der Waals surface area contributed by atoms with E-state index < -0.39 is 30.4 Å². The van der Waals surface area contributed by atoms with Crippen LogP contribution in [0.4, 0.5) is 25.4 Å². The van der Waals surface area contributed by atoms with Crippen LogP contribution in [0.15, 0.2) is 64.6 Å². The monoisotopic (exact) mass is 933 g/mol. The molecule has 4 amide bonds. The van der Waals surface area contributed by atoms with Crippen LogP contribution in [0.25, 0.3) is 11.0 Å². The lowest BCUT2D eigenvalue weighted by molar-refractivity contribution is -0.136. The number of anilines is 2. The number of ether oxygens (including phenoxy) is 1. The van der Waals surface area contributed by atoms with Crippen molar-refractivity contribution in [1.29, 1.82) is 0 Å². The van der Waals surface area contributed by atoms with Gasteiger partial charge in [-0.2, -0.15) is 0 Å². The van der Waals surface area contributed by atoms with Crippen molar-refractivity contribution in [3.05, 3.63) is 88.1 Å². The lowest BCUT2D eigenvalue weighted by Crippen LogP contribution is -2.54. The van der Waals surface area contributed by atoms with Crippen molar-refractivity contribution in [3.8, 4) is 0 Å². The molecule has 4 aromatic rings. The third-order valence-electron chi connectivity index (χ3n) is 15.0. The number of methoxy groups -OCH3 is 1. The molecular weight excluding hydrogens is 868 g/mol. The smallest absolute Gasteiger partial charge is 0.407 e. The quantitative estimate of drug-likeness (QED) is 0.117. The first-order chi connectivity index (χ1) is 32.7. The zero-order valence-corrected chi connectivity index (χ0v) is 40.0. The van der Waals surface area contributed by atoms with Gasteiger partial charge in [0, 0.05) is 31.9 Å². The van der Waals surface area contributed by atoms with Crippen LogP contribution in [0.3, 0.4) is 0 Å². The Balaban J connectivity index is 1.02. The number of aromatic amines is 1. The van der Waals surface area contributed by atoms with Crippen LogP contribution in [0.5, 0.6) is 0 Å². The Morgan fingerprint density at radius 2 is 1.40 bits per heavy atom. The van der Waals surface area contributed by atoms with Gasteiger partial charge in [-0.3, -0.25) is 19.6 Å². The molecule has 4 fully saturated rings. The molecule has 17 heteroatoms. The van der Waals surface area contributed by atoms with Crippen LogP contribution in [0.2, 0.25) is 0 Å². The summed E-state index contributed by atoms with van der Waals surface area (Å²) in [7, 11) is 1.29. The first kappa shape index (κ1) is 46.8. The molecule has 1 aromatic heterocycles. The highest BCUT2D eigenvalue weighted by Gasteiger charge is 2.42.